The van der Waals surface area contributed by atoms with Crippen LogP contribution in [0.5, 0.6) is 0 Å². The fraction of sp³-hybridized carbons (Fsp3) is 0.500. The van der Waals surface area contributed by atoms with Crippen molar-refractivity contribution >= 4 is 23.4 Å². The van der Waals surface area contributed by atoms with E-state index in [1.807, 2.05) is 0 Å². The van der Waals surface area contributed by atoms with E-state index in [4.69, 9.17) is 16.7 Å². The Morgan fingerprint density at radius 1 is 1.47 bits per heavy atom. The number of carbonyl (C=O) groups is 1. The minimum atomic E-state index is -1.11. The van der Waals surface area contributed by atoms with Gasteiger partial charge in [0.25, 0.3) is 0 Å². The number of halogens is 1. The van der Waals surface area contributed by atoms with Crippen molar-refractivity contribution in [2.75, 3.05) is 18.4 Å². The molecule has 1 saturated heterocycles. The second-order valence-electron chi connectivity index (χ2n) is 3.88. The first-order valence-electron chi connectivity index (χ1n) is 5.40. The van der Waals surface area contributed by atoms with E-state index >= 15 is 0 Å². The number of hydrogen-bond acceptors (Lipinski definition) is 5. The Balaban J connectivity index is 2.11. The normalized spacial score (nSPS) is 16.8. The van der Waals surface area contributed by atoms with Crippen LogP contribution in [0.4, 0.5) is 5.82 Å². The highest BCUT2D eigenvalue weighted by Crippen LogP contribution is 2.14. The molecule has 0 amide bonds. The van der Waals surface area contributed by atoms with Gasteiger partial charge in [0.15, 0.2) is 5.69 Å². The third-order valence-corrected chi connectivity index (χ3v) is 2.78. The number of hydrogen-bond donors (Lipinski definition) is 3. The molecule has 92 valence electrons. The highest BCUT2D eigenvalue weighted by Gasteiger charge is 2.15. The van der Waals surface area contributed by atoms with Crippen molar-refractivity contribution in [2.45, 2.75) is 18.9 Å². The van der Waals surface area contributed by atoms with Crippen molar-refractivity contribution in [2.24, 2.45) is 0 Å². The number of aromatic nitrogens is 2. The zero-order valence-electron chi connectivity index (χ0n) is 9.11. The predicted molar refractivity (Wildman–Crippen MR) is 63.5 cm³/mol. The summed E-state index contributed by atoms with van der Waals surface area (Å²) in [5.74, 6) is -0.642. The Hall–Kier alpha value is -1.40. The smallest absolute Gasteiger partial charge is 0.354 e. The zero-order valence-corrected chi connectivity index (χ0v) is 9.87. The molecule has 2 rings (SSSR count). The third-order valence-electron chi connectivity index (χ3n) is 2.61. The summed E-state index contributed by atoms with van der Waals surface area (Å²) < 4.78 is 0. The van der Waals surface area contributed by atoms with Crippen molar-refractivity contribution in [3.63, 3.8) is 0 Å². The molecule has 0 aliphatic carbocycles. The second kappa shape index (κ2) is 5.29. The van der Waals surface area contributed by atoms with Gasteiger partial charge in [-0.25, -0.2) is 14.8 Å². The minimum absolute atomic E-state index is 0.0543. The van der Waals surface area contributed by atoms with Gasteiger partial charge in [-0.2, -0.15) is 0 Å². The van der Waals surface area contributed by atoms with Gasteiger partial charge in [-0.15, -0.1) is 0 Å². The summed E-state index contributed by atoms with van der Waals surface area (Å²) in [4.78, 5) is 18.4. The van der Waals surface area contributed by atoms with E-state index < -0.39 is 5.97 Å². The molecular formula is C10H13ClN4O2. The largest absolute Gasteiger partial charge is 0.477 e. The number of nitrogens with zero attached hydrogens (tertiary/aromatic N) is 2. The zero-order chi connectivity index (χ0) is 12.3. The molecule has 1 fully saturated rings. The van der Waals surface area contributed by atoms with E-state index in [0.717, 1.165) is 25.9 Å². The monoisotopic (exact) mass is 256 g/mol. The lowest BCUT2D eigenvalue weighted by atomic mass is 10.1. The van der Waals surface area contributed by atoms with Crippen LogP contribution in [0.1, 0.15) is 23.3 Å². The Morgan fingerprint density at radius 2 is 2.18 bits per heavy atom. The molecular weight excluding hydrogens is 244 g/mol. The summed E-state index contributed by atoms with van der Waals surface area (Å²) in [5.41, 5.74) is -0.0959. The lowest BCUT2D eigenvalue weighted by Gasteiger charge is -2.24. The van der Waals surface area contributed by atoms with Gasteiger partial charge in [0, 0.05) is 12.1 Å². The van der Waals surface area contributed by atoms with E-state index in [9.17, 15) is 4.79 Å². The molecule has 0 saturated carbocycles. The van der Waals surface area contributed by atoms with Crippen LogP contribution < -0.4 is 10.6 Å². The Labute approximate surface area is 103 Å². The summed E-state index contributed by atoms with van der Waals surface area (Å²) in [6.45, 7) is 1.89. The van der Waals surface area contributed by atoms with Crippen LogP contribution in [0.15, 0.2) is 6.07 Å². The number of carboxylic acid groups (broad SMARTS) is 1. The quantitative estimate of drug-likeness (QED) is 0.699. The highest BCUT2D eigenvalue weighted by atomic mass is 35.5. The van der Waals surface area contributed by atoms with Crippen LogP contribution >= 0.6 is 11.6 Å². The van der Waals surface area contributed by atoms with Crippen LogP contribution in [0.3, 0.4) is 0 Å². The summed E-state index contributed by atoms with van der Waals surface area (Å²) in [6.07, 6.45) is 1.95. The molecule has 0 aromatic carbocycles. The first-order valence-corrected chi connectivity index (χ1v) is 5.78. The molecule has 17 heavy (non-hydrogen) atoms. The molecule has 0 spiro atoms. The number of piperidine rings is 1. The molecule has 0 atom stereocenters. The average molecular weight is 257 g/mol. The molecule has 1 aliphatic heterocycles. The van der Waals surface area contributed by atoms with Gasteiger partial charge in [0.1, 0.15) is 5.82 Å². The summed E-state index contributed by atoms with van der Waals surface area (Å²) >= 11 is 5.67. The number of nitrogens with one attached hydrogen (secondary N) is 2. The maximum atomic E-state index is 10.8. The lowest BCUT2D eigenvalue weighted by molar-refractivity contribution is 0.0690. The summed E-state index contributed by atoms with van der Waals surface area (Å²) in [5, 5.41) is 15.2. The summed E-state index contributed by atoms with van der Waals surface area (Å²) in [6, 6.07) is 1.69. The van der Waals surface area contributed by atoms with Gasteiger partial charge in [0.2, 0.25) is 5.28 Å². The van der Waals surface area contributed by atoms with Gasteiger partial charge >= 0.3 is 5.97 Å². The average Bonchev–Trinajstić information content (AvgIpc) is 2.29. The maximum absolute atomic E-state index is 10.8. The van der Waals surface area contributed by atoms with Gasteiger partial charge < -0.3 is 15.7 Å². The molecule has 6 nitrogen and oxygen atoms in total. The van der Waals surface area contributed by atoms with Crippen LogP contribution in [0.2, 0.25) is 5.28 Å². The molecule has 0 radical (unpaired) electrons. The van der Waals surface area contributed by atoms with Crippen LogP contribution in [-0.4, -0.2) is 40.2 Å². The fourth-order valence-electron chi connectivity index (χ4n) is 1.78. The van der Waals surface area contributed by atoms with Gasteiger partial charge in [0.05, 0.1) is 0 Å². The molecule has 3 N–H and O–H groups in total. The molecule has 1 aliphatic rings. The Kier molecular flexibility index (Phi) is 3.75. The molecule has 7 heteroatoms. The number of carboxylic acids is 1. The minimum Gasteiger partial charge on any atom is -0.477 e. The lowest BCUT2D eigenvalue weighted by Crippen LogP contribution is -2.35. The Morgan fingerprint density at radius 3 is 2.82 bits per heavy atom. The summed E-state index contributed by atoms with van der Waals surface area (Å²) in [7, 11) is 0. The molecule has 1 aromatic heterocycles. The standard InChI is InChI=1S/C10H13ClN4O2/c11-10-14-7(9(16)17)5-8(15-10)13-6-1-3-12-4-2-6/h5-6,12H,1-4H2,(H,16,17)(H,13,14,15). The first-order chi connectivity index (χ1) is 8.15. The number of anilines is 1. The van der Waals surface area contributed by atoms with E-state index in [0.29, 0.717) is 11.9 Å². The van der Waals surface area contributed by atoms with Gasteiger partial charge in [-0.1, -0.05) is 0 Å². The van der Waals surface area contributed by atoms with Crippen LogP contribution in [-0.2, 0) is 0 Å². The van der Waals surface area contributed by atoms with E-state index in [-0.39, 0.29) is 11.0 Å². The first kappa shape index (κ1) is 12.1. The molecule has 0 unspecified atom stereocenters. The Bertz CT molecular complexity index is 421. The van der Waals surface area contributed by atoms with Crippen molar-refractivity contribution in [1.29, 1.82) is 0 Å². The predicted octanol–water partition coefficient (Wildman–Crippen LogP) is 0.992. The van der Waals surface area contributed by atoms with Crippen molar-refractivity contribution < 1.29 is 9.90 Å². The third kappa shape index (κ3) is 3.28. The molecule has 2 heterocycles. The van der Waals surface area contributed by atoms with E-state index in [1.165, 1.54) is 6.07 Å². The fourth-order valence-corrected chi connectivity index (χ4v) is 1.96. The van der Waals surface area contributed by atoms with E-state index in [1.54, 1.807) is 0 Å². The van der Waals surface area contributed by atoms with Gasteiger partial charge in [-0.05, 0) is 37.5 Å². The van der Waals surface area contributed by atoms with E-state index in [2.05, 4.69) is 20.6 Å². The SMILES string of the molecule is O=C(O)c1cc(NC2CCNCC2)nc(Cl)n1. The number of rotatable bonds is 3. The molecule has 0 bridgehead atoms. The van der Waals surface area contributed by atoms with Gasteiger partial charge in [-0.3, -0.25) is 0 Å². The number of aromatic carboxylic acids is 1. The topological polar surface area (TPSA) is 87.1 Å². The van der Waals surface area contributed by atoms with Crippen molar-refractivity contribution in [3.8, 4) is 0 Å². The molecule has 1 aromatic rings. The van der Waals surface area contributed by atoms with Crippen LogP contribution in [0.25, 0.3) is 0 Å². The highest BCUT2D eigenvalue weighted by molar-refractivity contribution is 6.28. The second-order valence-corrected chi connectivity index (χ2v) is 4.22. The van der Waals surface area contributed by atoms with Crippen LogP contribution in [0, 0.1) is 0 Å². The van der Waals surface area contributed by atoms with Crippen molar-refractivity contribution in [1.82, 2.24) is 15.3 Å². The van der Waals surface area contributed by atoms with Crippen molar-refractivity contribution in [3.05, 3.63) is 17.0 Å². The maximum Gasteiger partial charge on any atom is 0.354 e.